The SMILES string of the molecule is CC(C)(C)C(=O)OC1CCC(CC=O)(CC=O)N1. The van der Waals surface area contributed by atoms with Gasteiger partial charge in [-0.1, -0.05) is 0 Å². The van der Waals surface area contributed by atoms with Crippen LogP contribution in [0.5, 0.6) is 0 Å². The van der Waals surface area contributed by atoms with Crippen LogP contribution in [-0.2, 0) is 19.1 Å². The van der Waals surface area contributed by atoms with Gasteiger partial charge in [-0.3, -0.25) is 10.1 Å². The number of hydrogen-bond acceptors (Lipinski definition) is 5. The molecular weight excluding hydrogens is 234 g/mol. The van der Waals surface area contributed by atoms with Crippen molar-refractivity contribution in [3.05, 3.63) is 0 Å². The molecule has 1 atom stereocenters. The largest absolute Gasteiger partial charge is 0.446 e. The molecule has 1 aliphatic rings. The normalized spacial score (nSPS) is 22.5. The molecule has 1 N–H and O–H groups in total. The van der Waals surface area contributed by atoms with Crippen molar-refractivity contribution < 1.29 is 19.1 Å². The van der Waals surface area contributed by atoms with Crippen LogP contribution in [0.25, 0.3) is 0 Å². The van der Waals surface area contributed by atoms with E-state index in [1.54, 1.807) is 20.8 Å². The molecule has 0 radical (unpaired) electrons. The van der Waals surface area contributed by atoms with Crippen molar-refractivity contribution in [2.24, 2.45) is 5.41 Å². The number of carbonyl (C=O) groups excluding carboxylic acids is 3. The highest BCUT2D eigenvalue weighted by molar-refractivity contribution is 5.75. The Labute approximate surface area is 107 Å². The summed E-state index contributed by atoms with van der Waals surface area (Å²) in [6, 6.07) is 0. The number of nitrogens with one attached hydrogen (secondary N) is 1. The smallest absolute Gasteiger partial charge is 0.312 e. The van der Waals surface area contributed by atoms with Crippen LogP contribution in [-0.4, -0.2) is 30.3 Å². The Kier molecular flexibility index (Phi) is 4.62. The Morgan fingerprint density at radius 3 is 2.33 bits per heavy atom. The van der Waals surface area contributed by atoms with Gasteiger partial charge in [0.2, 0.25) is 0 Å². The molecule has 0 aromatic carbocycles. The van der Waals surface area contributed by atoms with E-state index >= 15 is 0 Å². The molecule has 0 bridgehead atoms. The summed E-state index contributed by atoms with van der Waals surface area (Å²) in [7, 11) is 0. The van der Waals surface area contributed by atoms with Crippen LogP contribution in [0.15, 0.2) is 0 Å². The third kappa shape index (κ3) is 3.63. The van der Waals surface area contributed by atoms with E-state index in [4.69, 9.17) is 4.74 Å². The van der Waals surface area contributed by atoms with Gasteiger partial charge in [-0.25, -0.2) is 0 Å². The van der Waals surface area contributed by atoms with Crippen molar-refractivity contribution in [3.63, 3.8) is 0 Å². The molecule has 0 aromatic rings. The van der Waals surface area contributed by atoms with Crippen molar-refractivity contribution in [3.8, 4) is 0 Å². The van der Waals surface area contributed by atoms with Crippen molar-refractivity contribution in [1.82, 2.24) is 5.32 Å². The summed E-state index contributed by atoms with van der Waals surface area (Å²) in [5, 5.41) is 3.10. The average Bonchev–Trinajstić information content (AvgIpc) is 2.61. The van der Waals surface area contributed by atoms with Gasteiger partial charge in [-0.05, 0) is 33.6 Å². The Hall–Kier alpha value is -1.23. The maximum absolute atomic E-state index is 11.7. The van der Waals surface area contributed by atoms with Gasteiger partial charge in [-0.15, -0.1) is 0 Å². The van der Waals surface area contributed by atoms with Crippen LogP contribution in [0.1, 0.15) is 46.5 Å². The minimum absolute atomic E-state index is 0.259. The summed E-state index contributed by atoms with van der Waals surface area (Å²) in [6.07, 6.45) is 2.99. The summed E-state index contributed by atoms with van der Waals surface area (Å²) < 4.78 is 5.34. The zero-order valence-corrected chi connectivity index (χ0v) is 11.2. The fourth-order valence-electron chi connectivity index (χ4n) is 2.01. The molecule has 5 heteroatoms. The monoisotopic (exact) mass is 255 g/mol. The standard InChI is InChI=1S/C13H21NO4/c1-12(2,3)11(17)18-10-4-5-13(14-10,6-8-15)7-9-16/h8-10,14H,4-7H2,1-3H3. The van der Waals surface area contributed by atoms with Crippen molar-refractivity contribution in [2.45, 2.75) is 58.2 Å². The van der Waals surface area contributed by atoms with Crippen molar-refractivity contribution in [1.29, 1.82) is 0 Å². The first-order chi connectivity index (χ1) is 8.33. The third-order valence-electron chi connectivity index (χ3n) is 3.16. The predicted octanol–water partition coefficient (Wildman–Crippen LogP) is 1.20. The van der Waals surface area contributed by atoms with Gasteiger partial charge in [0, 0.05) is 18.4 Å². The fourth-order valence-corrected chi connectivity index (χ4v) is 2.01. The van der Waals surface area contributed by atoms with Gasteiger partial charge in [0.1, 0.15) is 12.6 Å². The highest BCUT2D eigenvalue weighted by Crippen LogP contribution is 2.30. The summed E-state index contributed by atoms with van der Waals surface area (Å²) in [5.74, 6) is -0.284. The summed E-state index contributed by atoms with van der Waals surface area (Å²) in [6.45, 7) is 5.36. The number of rotatable bonds is 5. The fraction of sp³-hybridized carbons (Fsp3) is 0.769. The first kappa shape index (κ1) is 14.8. The second-order valence-corrected chi connectivity index (χ2v) is 5.85. The molecule has 1 fully saturated rings. The maximum atomic E-state index is 11.7. The number of carbonyl (C=O) groups is 3. The lowest BCUT2D eigenvalue weighted by molar-refractivity contribution is -0.159. The molecule has 1 unspecified atom stereocenters. The Balaban J connectivity index is 2.61. The molecule has 0 saturated carbocycles. The topological polar surface area (TPSA) is 72.5 Å². The molecule has 102 valence electrons. The molecular formula is C13H21NO4. The molecule has 0 aliphatic carbocycles. The molecule has 0 amide bonds. The van der Waals surface area contributed by atoms with Gasteiger partial charge >= 0.3 is 5.97 Å². The van der Waals surface area contributed by atoms with Gasteiger partial charge in [0.05, 0.1) is 5.41 Å². The maximum Gasteiger partial charge on any atom is 0.312 e. The van der Waals surface area contributed by atoms with E-state index in [9.17, 15) is 14.4 Å². The average molecular weight is 255 g/mol. The van der Waals surface area contributed by atoms with Crippen LogP contribution in [0.3, 0.4) is 0 Å². The molecule has 1 aliphatic heterocycles. The van der Waals surface area contributed by atoms with E-state index < -0.39 is 17.2 Å². The first-order valence-electron chi connectivity index (χ1n) is 6.19. The Bertz CT molecular complexity index is 322. The van der Waals surface area contributed by atoms with E-state index in [1.807, 2.05) is 0 Å². The highest BCUT2D eigenvalue weighted by atomic mass is 16.6. The molecule has 5 nitrogen and oxygen atoms in total. The first-order valence-corrected chi connectivity index (χ1v) is 6.19. The minimum atomic E-state index is -0.553. The molecule has 18 heavy (non-hydrogen) atoms. The lowest BCUT2D eigenvalue weighted by atomic mass is 9.91. The third-order valence-corrected chi connectivity index (χ3v) is 3.16. The predicted molar refractivity (Wildman–Crippen MR) is 65.8 cm³/mol. The lowest BCUT2D eigenvalue weighted by Gasteiger charge is -2.27. The number of hydrogen-bond donors (Lipinski definition) is 1. The summed E-state index contributed by atoms with van der Waals surface area (Å²) in [4.78, 5) is 33.1. The molecule has 0 aromatic heterocycles. The van der Waals surface area contributed by atoms with Gasteiger partial charge in [0.15, 0.2) is 6.23 Å². The van der Waals surface area contributed by atoms with Gasteiger partial charge in [0.25, 0.3) is 0 Å². The number of ether oxygens (including phenoxy) is 1. The number of esters is 1. The van der Waals surface area contributed by atoms with Crippen LogP contribution >= 0.6 is 0 Å². The quantitative estimate of drug-likeness (QED) is 0.590. The van der Waals surface area contributed by atoms with E-state index in [0.717, 1.165) is 12.6 Å². The zero-order chi connectivity index (χ0) is 13.8. The van der Waals surface area contributed by atoms with E-state index in [1.165, 1.54) is 0 Å². The zero-order valence-electron chi connectivity index (χ0n) is 11.2. The van der Waals surface area contributed by atoms with Gasteiger partial charge < -0.3 is 14.3 Å². The minimum Gasteiger partial charge on any atom is -0.446 e. The van der Waals surface area contributed by atoms with Crippen LogP contribution in [0.2, 0.25) is 0 Å². The van der Waals surface area contributed by atoms with Crippen LogP contribution in [0.4, 0.5) is 0 Å². The summed E-state index contributed by atoms with van der Waals surface area (Å²) >= 11 is 0. The van der Waals surface area contributed by atoms with E-state index in [-0.39, 0.29) is 18.8 Å². The van der Waals surface area contributed by atoms with Crippen LogP contribution in [0, 0.1) is 5.41 Å². The molecule has 1 saturated heterocycles. The van der Waals surface area contributed by atoms with Gasteiger partial charge in [-0.2, -0.15) is 0 Å². The summed E-state index contributed by atoms with van der Waals surface area (Å²) in [5.41, 5.74) is -1.09. The lowest BCUT2D eigenvalue weighted by Crippen LogP contribution is -2.46. The van der Waals surface area contributed by atoms with Crippen molar-refractivity contribution >= 4 is 18.5 Å². The number of aldehydes is 2. The Morgan fingerprint density at radius 1 is 1.33 bits per heavy atom. The van der Waals surface area contributed by atoms with Crippen LogP contribution < -0.4 is 5.32 Å². The second-order valence-electron chi connectivity index (χ2n) is 5.85. The molecule has 1 rings (SSSR count). The second kappa shape index (κ2) is 5.61. The Morgan fingerprint density at radius 2 is 1.89 bits per heavy atom. The highest BCUT2D eigenvalue weighted by Gasteiger charge is 2.40. The van der Waals surface area contributed by atoms with Crippen molar-refractivity contribution in [2.75, 3.05) is 0 Å². The van der Waals surface area contributed by atoms with E-state index in [2.05, 4.69) is 5.32 Å². The molecule has 1 heterocycles. The molecule has 0 spiro atoms. The van der Waals surface area contributed by atoms with E-state index in [0.29, 0.717) is 12.8 Å².